The average molecular weight is 199 g/mol. The number of hydrogen-bond acceptors (Lipinski definition) is 3. The van der Waals surface area contributed by atoms with Crippen LogP contribution in [-0.4, -0.2) is 40.2 Å². The van der Waals surface area contributed by atoms with Gasteiger partial charge in [-0.3, -0.25) is 0 Å². The van der Waals surface area contributed by atoms with Crippen LogP contribution in [0.1, 0.15) is 0 Å². The Morgan fingerprint density at radius 1 is 1.56 bits per heavy atom. The molecule has 0 rings (SSSR count). The molecule has 0 aliphatic rings. The molecule has 0 aromatic heterocycles. The van der Waals surface area contributed by atoms with E-state index in [0.29, 0.717) is 0 Å². The summed E-state index contributed by atoms with van der Waals surface area (Å²) in [6.07, 6.45) is 0. The second-order valence-corrected chi connectivity index (χ2v) is 3.99. The van der Waals surface area contributed by atoms with Crippen molar-refractivity contribution in [1.82, 2.24) is 4.23 Å². The molecule has 0 unspecified atom stereocenters. The van der Waals surface area contributed by atoms with Gasteiger partial charge < -0.3 is 0 Å². The van der Waals surface area contributed by atoms with E-state index in [4.69, 9.17) is 13.3 Å². The van der Waals surface area contributed by atoms with E-state index in [0.717, 1.165) is 0 Å². The molecule has 0 heterocycles. The zero-order valence-electron chi connectivity index (χ0n) is 4.31. The Hall–Kier alpha value is -0.292. The van der Waals surface area contributed by atoms with Crippen molar-refractivity contribution >= 4 is 20.3 Å². The molecule has 0 aromatic rings. The van der Waals surface area contributed by atoms with Crippen molar-refractivity contribution in [3.05, 3.63) is 0 Å². The second kappa shape index (κ2) is 3.03. The summed E-state index contributed by atoms with van der Waals surface area (Å²) in [6, 6.07) is 0. The summed E-state index contributed by atoms with van der Waals surface area (Å²) >= 11 is -5.05. The van der Waals surface area contributed by atoms with Crippen LogP contribution in [0.2, 0.25) is 0 Å². The first kappa shape index (κ1) is 8.71. The standard InChI is InChI=1S/C2H6AsNO5/c5-1-2(6)4-3(7,8)9/h5H,1H2,(H3,4,6,7,8,9). The molecule has 0 saturated heterocycles. The molecular formula is C2H6AsNO5. The van der Waals surface area contributed by atoms with Crippen molar-refractivity contribution in [2.24, 2.45) is 0 Å². The van der Waals surface area contributed by atoms with E-state index < -0.39 is 26.9 Å². The van der Waals surface area contributed by atoms with E-state index in [1.165, 1.54) is 4.23 Å². The van der Waals surface area contributed by atoms with E-state index in [1.807, 2.05) is 0 Å². The van der Waals surface area contributed by atoms with Gasteiger partial charge in [0.05, 0.1) is 0 Å². The van der Waals surface area contributed by atoms with E-state index in [2.05, 4.69) is 0 Å². The fraction of sp³-hybridized carbons (Fsp3) is 0.500. The van der Waals surface area contributed by atoms with Gasteiger partial charge in [-0.25, -0.2) is 0 Å². The normalized spacial score (nSPS) is 11.0. The van der Waals surface area contributed by atoms with Crippen molar-refractivity contribution in [2.45, 2.75) is 0 Å². The fourth-order valence-electron chi connectivity index (χ4n) is 0.198. The van der Waals surface area contributed by atoms with Crippen LogP contribution < -0.4 is 4.23 Å². The summed E-state index contributed by atoms with van der Waals surface area (Å²) in [5.41, 5.74) is 0. The number of nitrogens with one attached hydrogen (secondary N) is 1. The van der Waals surface area contributed by atoms with Gasteiger partial charge >= 0.3 is 53.0 Å². The Labute approximate surface area is 53.7 Å². The molecule has 7 heteroatoms. The molecule has 1 amide bonds. The van der Waals surface area contributed by atoms with Crippen LogP contribution in [-0.2, 0) is 8.53 Å². The van der Waals surface area contributed by atoms with Crippen LogP contribution in [0.3, 0.4) is 0 Å². The monoisotopic (exact) mass is 199 g/mol. The average Bonchev–Trinajstić information content (AvgIpc) is 1.62. The van der Waals surface area contributed by atoms with Gasteiger partial charge in [0.2, 0.25) is 0 Å². The Morgan fingerprint density at radius 2 is 2.00 bits per heavy atom. The van der Waals surface area contributed by atoms with Gasteiger partial charge in [-0.2, -0.15) is 0 Å². The quantitative estimate of drug-likeness (QED) is 0.353. The third kappa shape index (κ3) is 5.58. The topological polar surface area (TPSA) is 107 Å². The van der Waals surface area contributed by atoms with Gasteiger partial charge in [-0.15, -0.1) is 0 Å². The fourth-order valence-corrected chi connectivity index (χ4v) is 1.03. The molecule has 9 heavy (non-hydrogen) atoms. The van der Waals surface area contributed by atoms with E-state index in [1.54, 1.807) is 0 Å². The SMILES string of the molecule is O=C(CO)N[As](=O)(O)O. The van der Waals surface area contributed by atoms with Crippen molar-refractivity contribution in [2.75, 3.05) is 6.61 Å². The molecule has 0 aliphatic carbocycles. The van der Waals surface area contributed by atoms with E-state index in [-0.39, 0.29) is 0 Å². The minimum atomic E-state index is -5.05. The van der Waals surface area contributed by atoms with Crippen molar-refractivity contribution in [1.29, 1.82) is 0 Å². The molecule has 0 fully saturated rings. The maximum absolute atomic E-state index is 9.99. The number of aliphatic hydroxyl groups is 1. The predicted molar refractivity (Wildman–Crippen MR) is 26.1 cm³/mol. The van der Waals surface area contributed by atoms with Crippen molar-refractivity contribution in [3.8, 4) is 0 Å². The van der Waals surface area contributed by atoms with Crippen LogP contribution in [0.4, 0.5) is 0 Å². The summed E-state index contributed by atoms with van der Waals surface area (Å²) in [5.74, 6) is -1.07. The van der Waals surface area contributed by atoms with Crippen LogP contribution in [0.25, 0.3) is 0 Å². The van der Waals surface area contributed by atoms with Crippen molar-refractivity contribution < 1.29 is 21.8 Å². The number of aliphatic hydroxyl groups excluding tert-OH is 1. The molecule has 0 spiro atoms. The Kier molecular flexibility index (Phi) is 2.93. The van der Waals surface area contributed by atoms with Gasteiger partial charge in [-0.05, 0) is 0 Å². The van der Waals surface area contributed by atoms with Gasteiger partial charge in [0.25, 0.3) is 0 Å². The molecule has 0 saturated carbocycles. The van der Waals surface area contributed by atoms with E-state index in [9.17, 15) is 8.53 Å². The number of hydrogen-bond donors (Lipinski definition) is 4. The van der Waals surface area contributed by atoms with Gasteiger partial charge in [0.15, 0.2) is 0 Å². The zero-order chi connectivity index (χ0) is 7.49. The third-order valence-electron chi connectivity index (χ3n) is 0.414. The summed E-state index contributed by atoms with van der Waals surface area (Å²) in [7, 11) is 0. The molecule has 0 atom stereocenters. The molecular weight excluding hydrogens is 193 g/mol. The summed E-state index contributed by atoms with van der Waals surface area (Å²) in [5, 5.41) is 7.95. The third-order valence-corrected chi connectivity index (χ3v) is 1.55. The molecule has 4 N–H and O–H groups in total. The minimum absolute atomic E-state index is 0.910. The molecule has 0 aliphatic heterocycles. The van der Waals surface area contributed by atoms with E-state index >= 15 is 0 Å². The molecule has 54 valence electrons. The Morgan fingerprint density at radius 3 is 2.11 bits per heavy atom. The number of carbonyl (C=O) groups excluding carboxylic acids is 1. The zero-order valence-corrected chi connectivity index (χ0v) is 6.19. The number of rotatable bonds is 2. The van der Waals surface area contributed by atoms with Crippen LogP contribution in [0, 0.1) is 0 Å². The predicted octanol–water partition coefficient (Wildman–Crippen LogP) is -3.05. The Bertz CT molecular complexity index is 149. The van der Waals surface area contributed by atoms with Gasteiger partial charge in [0, 0.05) is 0 Å². The summed E-state index contributed by atoms with van der Waals surface area (Å²) < 4.78 is 27.3. The molecule has 0 bridgehead atoms. The molecule has 0 radical (unpaired) electrons. The van der Waals surface area contributed by atoms with Gasteiger partial charge in [0.1, 0.15) is 0 Å². The van der Waals surface area contributed by atoms with Crippen LogP contribution in [0.5, 0.6) is 0 Å². The molecule has 6 nitrogen and oxygen atoms in total. The molecule has 0 aromatic carbocycles. The summed E-state index contributed by atoms with van der Waals surface area (Å²) in [6.45, 7) is -0.910. The summed E-state index contributed by atoms with van der Waals surface area (Å²) in [4.78, 5) is 9.99. The maximum atomic E-state index is 9.99. The second-order valence-electron chi connectivity index (χ2n) is 1.24. The van der Waals surface area contributed by atoms with Crippen molar-refractivity contribution in [3.63, 3.8) is 0 Å². The van der Waals surface area contributed by atoms with Gasteiger partial charge in [-0.1, -0.05) is 0 Å². The Balaban J connectivity index is 3.75. The first-order valence-corrected chi connectivity index (χ1v) is 5.31. The first-order valence-electron chi connectivity index (χ1n) is 1.93. The number of amides is 1. The number of carbonyl (C=O) groups is 1. The van der Waals surface area contributed by atoms with Crippen LogP contribution >= 0.6 is 0 Å². The first-order chi connectivity index (χ1) is 3.95. The van der Waals surface area contributed by atoms with Crippen LogP contribution in [0.15, 0.2) is 0 Å².